The fourth-order valence-corrected chi connectivity index (χ4v) is 3.95. The number of phenols is 1. The molecule has 0 atom stereocenters. The van der Waals surface area contributed by atoms with Crippen LogP contribution in [0, 0.1) is 6.92 Å². The molecular weight excluding hydrogens is 380 g/mol. The average molecular weight is 408 g/mol. The van der Waals surface area contributed by atoms with Crippen LogP contribution >= 0.6 is 0 Å². The van der Waals surface area contributed by atoms with Crippen LogP contribution in [0.25, 0.3) is 22.2 Å². The van der Waals surface area contributed by atoms with Crippen LogP contribution in [0.4, 0.5) is 0 Å². The van der Waals surface area contributed by atoms with Gasteiger partial charge < -0.3 is 19.3 Å². The van der Waals surface area contributed by atoms with Crippen LogP contribution in [-0.2, 0) is 11.2 Å². The number of aryl methyl sites for hydroxylation is 1. The van der Waals surface area contributed by atoms with Gasteiger partial charge in [0.2, 0.25) is 5.75 Å². The largest absolute Gasteiger partial charge is 0.504 e. The van der Waals surface area contributed by atoms with E-state index >= 15 is 0 Å². The highest BCUT2D eigenvalue weighted by molar-refractivity contribution is 5.86. The van der Waals surface area contributed by atoms with Gasteiger partial charge in [0.05, 0.1) is 38.6 Å². The number of pyridine rings is 1. The van der Waals surface area contributed by atoms with E-state index in [1.807, 2.05) is 6.07 Å². The number of ether oxygens (including phenoxy) is 3. The monoisotopic (exact) mass is 408 g/mol. The molecule has 1 N–H and O–H groups in total. The van der Waals surface area contributed by atoms with Crippen molar-refractivity contribution in [2.24, 2.45) is 0 Å². The van der Waals surface area contributed by atoms with Gasteiger partial charge in [0.1, 0.15) is 0 Å². The molecule has 4 rings (SSSR count). The van der Waals surface area contributed by atoms with Crippen molar-refractivity contribution in [3.8, 4) is 28.5 Å². The molecule has 0 radical (unpaired) electrons. The summed E-state index contributed by atoms with van der Waals surface area (Å²) in [5, 5.41) is 11.5. The summed E-state index contributed by atoms with van der Waals surface area (Å²) in [6, 6.07) is 12.0. The molecule has 1 aliphatic rings. The molecule has 3 aromatic rings. The van der Waals surface area contributed by atoms with E-state index in [9.17, 15) is 5.11 Å². The zero-order chi connectivity index (χ0) is 21.1. The van der Waals surface area contributed by atoms with Gasteiger partial charge in [-0.15, -0.1) is 0 Å². The second-order valence-electron chi connectivity index (χ2n) is 7.61. The van der Waals surface area contributed by atoms with E-state index in [0.29, 0.717) is 11.5 Å². The van der Waals surface area contributed by atoms with Gasteiger partial charge in [0.25, 0.3) is 0 Å². The van der Waals surface area contributed by atoms with E-state index in [1.165, 1.54) is 12.7 Å². The number of aromatic nitrogens is 1. The lowest BCUT2D eigenvalue weighted by Gasteiger charge is -2.26. The van der Waals surface area contributed by atoms with Gasteiger partial charge >= 0.3 is 0 Å². The standard InChI is InChI=1S/C24H28N2O4/c1-16-12-21(18-14-22(27)24(29-3)23(15-18)28-2)25-20-5-4-17(13-19(16)20)6-7-26-8-10-30-11-9-26/h4-5,12-15,27H,6-11H2,1-3H3. The summed E-state index contributed by atoms with van der Waals surface area (Å²) in [6.45, 7) is 6.82. The molecule has 6 nitrogen and oxygen atoms in total. The Hall–Kier alpha value is -2.83. The van der Waals surface area contributed by atoms with Crippen molar-refractivity contribution >= 4 is 10.9 Å². The number of fused-ring (bicyclic) bond motifs is 1. The van der Waals surface area contributed by atoms with Gasteiger partial charge in [-0.05, 0) is 54.8 Å². The minimum Gasteiger partial charge on any atom is -0.504 e. The third kappa shape index (κ3) is 4.20. The van der Waals surface area contributed by atoms with Crippen molar-refractivity contribution < 1.29 is 19.3 Å². The molecule has 0 spiro atoms. The van der Waals surface area contributed by atoms with Crippen molar-refractivity contribution in [3.63, 3.8) is 0 Å². The number of nitrogens with zero attached hydrogens (tertiary/aromatic N) is 2. The number of hydrogen-bond donors (Lipinski definition) is 1. The highest BCUT2D eigenvalue weighted by atomic mass is 16.5. The predicted octanol–water partition coefficient (Wildman–Crippen LogP) is 3.81. The fraction of sp³-hybridized carbons (Fsp3) is 0.375. The summed E-state index contributed by atoms with van der Waals surface area (Å²) in [6.07, 6.45) is 1.01. The van der Waals surface area contributed by atoms with Crippen LogP contribution < -0.4 is 9.47 Å². The molecule has 0 aliphatic carbocycles. The Kier molecular flexibility index (Phi) is 6.06. The van der Waals surface area contributed by atoms with Crippen LogP contribution in [0.3, 0.4) is 0 Å². The van der Waals surface area contributed by atoms with E-state index in [-0.39, 0.29) is 5.75 Å². The van der Waals surface area contributed by atoms with Crippen molar-refractivity contribution in [1.82, 2.24) is 9.88 Å². The van der Waals surface area contributed by atoms with Gasteiger partial charge in [-0.1, -0.05) is 6.07 Å². The normalized spacial score (nSPS) is 14.8. The van der Waals surface area contributed by atoms with Crippen LogP contribution in [-0.4, -0.2) is 62.1 Å². The maximum atomic E-state index is 10.3. The predicted molar refractivity (Wildman–Crippen MR) is 118 cm³/mol. The number of phenolic OH excluding ortho intramolecular Hbond substituents is 1. The van der Waals surface area contributed by atoms with Gasteiger partial charge in [-0.25, -0.2) is 4.98 Å². The molecule has 2 aromatic carbocycles. The first-order chi connectivity index (χ1) is 14.6. The molecule has 158 valence electrons. The first-order valence-corrected chi connectivity index (χ1v) is 10.2. The van der Waals surface area contributed by atoms with Gasteiger partial charge in [-0.3, -0.25) is 4.90 Å². The molecule has 1 saturated heterocycles. The Bertz CT molecular complexity index is 1050. The SMILES string of the molecule is COc1cc(-c2cc(C)c3cc(CCN4CCOCC4)ccc3n2)cc(O)c1OC. The summed E-state index contributed by atoms with van der Waals surface area (Å²) in [7, 11) is 3.06. The van der Waals surface area contributed by atoms with Crippen LogP contribution in [0.2, 0.25) is 0 Å². The smallest absolute Gasteiger partial charge is 0.203 e. The molecule has 1 aliphatic heterocycles. The molecule has 30 heavy (non-hydrogen) atoms. The highest BCUT2D eigenvalue weighted by Crippen LogP contribution is 2.40. The maximum Gasteiger partial charge on any atom is 0.203 e. The van der Waals surface area contributed by atoms with E-state index in [2.05, 4.69) is 36.1 Å². The number of benzene rings is 2. The van der Waals surface area contributed by atoms with Crippen molar-refractivity contribution in [1.29, 1.82) is 0 Å². The zero-order valence-corrected chi connectivity index (χ0v) is 17.8. The Morgan fingerprint density at radius 1 is 1.07 bits per heavy atom. The first-order valence-electron chi connectivity index (χ1n) is 10.2. The van der Waals surface area contributed by atoms with Crippen molar-refractivity contribution in [2.45, 2.75) is 13.3 Å². The van der Waals surface area contributed by atoms with Gasteiger partial charge in [0.15, 0.2) is 11.5 Å². The Morgan fingerprint density at radius 2 is 1.87 bits per heavy atom. The highest BCUT2D eigenvalue weighted by Gasteiger charge is 2.15. The number of methoxy groups -OCH3 is 2. The Labute approximate surface area is 177 Å². The molecule has 2 heterocycles. The second kappa shape index (κ2) is 8.90. The van der Waals surface area contributed by atoms with Gasteiger partial charge in [0, 0.05) is 30.6 Å². The third-order valence-electron chi connectivity index (χ3n) is 5.66. The number of rotatable bonds is 6. The molecule has 6 heteroatoms. The zero-order valence-electron chi connectivity index (χ0n) is 17.8. The lowest BCUT2D eigenvalue weighted by Crippen LogP contribution is -2.37. The molecular formula is C24H28N2O4. The topological polar surface area (TPSA) is 64.1 Å². The van der Waals surface area contributed by atoms with Crippen LogP contribution in [0.15, 0.2) is 36.4 Å². The molecule has 0 amide bonds. The summed E-state index contributed by atoms with van der Waals surface area (Å²) < 4.78 is 16.0. The lowest BCUT2D eigenvalue weighted by molar-refractivity contribution is 0.0384. The molecule has 1 aromatic heterocycles. The Balaban J connectivity index is 1.62. The number of aromatic hydroxyl groups is 1. The van der Waals surface area contributed by atoms with E-state index < -0.39 is 0 Å². The Morgan fingerprint density at radius 3 is 2.60 bits per heavy atom. The summed E-state index contributed by atoms with van der Waals surface area (Å²) >= 11 is 0. The first kappa shape index (κ1) is 20.4. The average Bonchev–Trinajstić information content (AvgIpc) is 2.77. The van der Waals surface area contributed by atoms with Crippen molar-refractivity contribution in [3.05, 3.63) is 47.5 Å². The fourth-order valence-electron chi connectivity index (χ4n) is 3.95. The van der Waals surface area contributed by atoms with E-state index in [0.717, 1.165) is 67.0 Å². The van der Waals surface area contributed by atoms with Crippen molar-refractivity contribution in [2.75, 3.05) is 47.1 Å². The third-order valence-corrected chi connectivity index (χ3v) is 5.66. The molecule has 0 saturated carbocycles. The minimum absolute atomic E-state index is 0.0323. The van der Waals surface area contributed by atoms with Crippen LogP contribution in [0.5, 0.6) is 17.2 Å². The summed E-state index contributed by atoms with van der Waals surface area (Å²) in [4.78, 5) is 7.28. The van der Waals surface area contributed by atoms with E-state index in [1.54, 1.807) is 13.2 Å². The van der Waals surface area contributed by atoms with Gasteiger partial charge in [-0.2, -0.15) is 0 Å². The molecule has 0 unspecified atom stereocenters. The van der Waals surface area contributed by atoms with E-state index in [4.69, 9.17) is 19.2 Å². The minimum atomic E-state index is 0.0323. The quantitative estimate of drug-likeness (QED) is 0.669. The number of hydrogen-bond acceptors (Lipinski definition) is 6. The molecule has 0 bridgehead atoms. The van der Waals surface area contributed by atoms with Crippen LogP contribution in [0.1, 0.15) is 11.1 Å². The lowest BCUT2D eigenvalue weighted by atomic mass is 10.0. The number of morpholine rings is 1. The molecule has 1 fully saturated rings. The maximum absolute atomic E-state index is 10.3. The summed E-state index contributed by atoms with van der Waals surface area (Å²) in [5.74, 6) is 0.832. The second-order valence-corrected chi connectivity index (χ2v) is 7.61. The summed E-state index contributed by atoms with van der Waals surface area (Å²) in [5.41, 5.74) is 4.98.